The summed E-state index contributed by atoms with van der Waals surface area (Å²) in [7, 11) is 0. The summed E-state index contributed by atoms with van der Waals surface area (Å²) in [6.07, 6.45) is 7.47. The number of H-pyrrole nitrogens is 1. The maximum atomic E-state index is 14.0. The molecule has 0 unspecified atom stereocenters. The Labute approximate surface area is 292 Å². The third-order valence-electron chi connectivity index (χ3n) is 11.0. The third kappa shape index (κ3) is 6.92. The zero-order valence-corrected chi connectivity index (χ0v) is 29.8. The van der Waals surface area contributed by atoms with Gasteiger partial charge in [-0.05, 0) is 121 Å². The minimum atomic E-state index is -0.567. The molecule has 3 aliphatic rings. The molecular formula is C38H48N6O4S. The number of fused-ring (bicyclic) bond motifs is 3. The number of rotatable bonds is 10. The van der Waals surface area contributed by atoms with Crippen LogP contribution in [-0.2, 0) is 27.8 Å². The molecule has 3 fully saturated rings. The van der Waals surface area contributed by atoms with Crippen LogP contribution in [0, 0.1) is 19.8 Å². The monoisotopic (exact) mass is 684 g/mol. The van der Waals surface area contributed by atoms with E-state index >= 15 is 0 Å². The first-order chi connectivity index (χ1) is 23.4. The number of likely N-dealkylation sites (tertiary alicyclic amines) is 1. The van der Waals surface area contributed by atoms with Gasteiger partial charge in [-0.2, -0.15) is 9.97 Å². The van der Waals surface area contributed by atoms with Gasteiger partial charge in [-0.25, -0.2) is 0 Å². The summed E-state index contributed by atoms with van der Waals surface area (Å²) in [5.41, 5.74) is 5.92. The Bertz CT molecular complexity index is 1810. The number of nitrogens with one attached hydrogen (secondary N) is 2. The Morgan fingerprint density at radius 1 is 0.959 bits per heavy atom. The Hall–Kier alpha value is -3.96. The predicted octanol–water partition coefficient (Wildman–Crippen LogP) is 5.76. The highest BCUT2D eigenvalue weighted by atomic mass is 32.1. The minimum Gasteiger partial charge on any atom is -0.493 e. The lowest BCUT2D eigenvalue weighted by molar-refractivity contribution is -0.137. The summed E-state index contributed by atoms with van der Waals surface area (Å²) in [5, 5.41) is 23.3. The van der Waals surface area contributed by atoms with E-state index in [2.05, 4.69) is 82.0 Å². The van der Waals surface area contributed by atoms with Gasteiger partial charge in [-0.15, -0.1) is 11.3 Å². The van der Waals surface area contributed by atoms with Crippen molar-refractivity contribution in [1.82, 2.24) is 30.1 Å². The highest BCUT2D eigenvalue weighted by Gasteiger charge is 2.47. The van der Waals surface area contributed by atoms with Crippen molar-refractivity contribution in [2.24, 2.45) is 5.92 Å². The van der Waals surface area contributed by atoms with Crippen LogP contribution >= 0.6 is 11.3 Å². The predicted molar refractivity (Wildman–Crippen MR) is 192 cm³/mol. The zero-order valence-electron chi connectivity index (χ0n) is 29.0. The fourth-order valence-corrected chi connectivity index (χ4v) is 9.55. The Kier molecular flexibility index (Phi) is 9.17. The number of amides is 2. The molecule has 3 aliphatic heterocycles. The molecule has 3 aromatic heterocycles. The van der Waals surface area contributed by atoms with Gasteiger partial charge in [0.15, 0.2) is 0 Å². The molecule has 0 spiro atoms. The molecule has 7 rings (SSSR count). The van der Waals surface area contributed by atoms with E-state index in [0.717, 1.165) is 74.3 Å². The first-order valence-electron chi connectivity index (χ1n) is 17.8. The van der Waals surface area contributed by atoms with E-state index in [4.69, 9.17) is 0 Å². The van der Waals surface area contributed by atoms with Crippen LogP contribution in [0.3, 0.4) is 0 Å². The average molecular weight is 685 g/mol. The molecule has 260 valence electrons. The van der Waals surface area contributed by atoms with E-state index < -0.39 is 11.4 Å². The van der Waals surface area contributed by atoms with E-state index in [-0.39, 0.29) is 29.8 Å². The SMILES string of the molecule is Cc1cc(C)cc(-c2[nH]c3sc(C(C)(C)C(=O)N4C5CCC4CC5)cc3c2CCN2CCC(CNC(=O)Cc3cc(O)nc(O)n3)CC2)c1. The number of aromatic amines is 1. The summed E-state index contributed by atoms with van der Waals surface area (Å²) in [4.78, 5) is 44.6. The number of piperidine rings is 1. The van der Waals surface area contributed by atoms with Crippen LogP contribution in [0.2, 0.25) is 0 Å². The summed E-state index contributed by atoms with van der Waals surface area (Å²) in [6, 6.07) is 10.6. The number of benzene rings is 1. The van der Waals surface area contributed by atoms with E-state index in [0.29, 0.717) is 24.5 Å². The Balaban J connectivity index is 1.03. The molecule has 6 heterocycles. The Morgan fingerprint density at radius 2 is 1.63 bits per heavy atom. The number of nitrogens with zero attached hydrogens (tertiary/aromatic N) is 4. The maximum Gasteiger partial charge on any atom is 0.317 e. The lowest BCUT2D eigenvalue weighted by atomic mass is 9.88. The van der Waals surface area contributed by atoms with Gasteiger partial charge in [0.1, 0.15) is 4.83 Å². The standard InChI is InChI=1S/C38H48N6O4S/c1-22-15-23(2)17-25(16-22)34-29(30-20-31(49-35(30)42-34)38(3,4)36(47)44-27-5-6-28(44)8-7-27)11-14-43-12-9-24(10-13-43)21-39-32(45)18-26-19-33(46)41-37(48)40-26/h15-17,19-20,24,27-28,42H,5-14,18,21H2,1-4H3,(H,39,45)(H2,40,41,46,48). The van der Waals surface area contributed by atoms with E-state index in [9.17, 15) is 19.8 Å². The van der Waals surface area contributed by atoms with Crippen LogP contribution in [-0.4, -0.2) is 85.0 Å². The van der Waals surface area contributed by atoms with Gasteiger partial charge < -0.3 is 30.3 Å². The van der Waals surface area contributed by atoms with Crippen LogP contribution in [0.25, 0.3) is 21.5 Å². The second-order valence-electron chi connectivity index (χ2n) is 15.0. The van der Waals surface area contributed by atoms with Gasteiger partial charge in [-0.1, -0.05) is 17.2 Å². The summed E-state index contributed by atoms with van der Waals surface area (Å²) < 4.78 is 0. The van der Waals surface area contributed by atoms with E-state index in [1.165, 1.54) is 39.4 Å². The lowest BCUT2D eigenvalue weighted by Gasteiger charge is -2.32. The molecule has 3 saturated heterocycles. The number of hydrogen-bond donors (Lipinski definition) is 4. The minimum absolute atomic E-state index is 0.0225. The lowest BCUT2D eigenvalue weighted by Crippen LogP contribution is -2.45. The molecule has 1 aromatic carbocycles. The van der Waals surface area contributed by atoms with Crippen LogP contribution < -0.4 is 5.32 Å². The van der Waals surface area contributed by atoms with Crippen molar-refractivity contribution in [3.05, 3.63) is 57.6 Å². The number of aryl methyl sites for hydroxylation is 2. The second-order valence-corrected chi connectivity index (χ2v) is 16.1. The van der Waals surface area contributed by atoms with Crippen molar-refractivity contribution in [3.63, 3.8) is 0 Å². The van der Waals surface area contributed by atoms with Gasteiger partial charge in [0.25, 0.3) is 0 Å². The quantitative estimate of drug-likeness (QED) is 0.167. The molecule has 49 heavy (non-hydrogen) atoms. The smallest absolute Gasteiger partial charge is 0.317 e. The fourth-order valence-electron chi connectivity index (χ4n) is 8.37. The van der Waals surface area contributed by atoms with Gasteiger partial charge in [0.05, 0.1) is 23.2 Å². The second kappa shape index (κ2) is 13.4. The highest BCUT2D eigenvalue weighted by molar-refractivity contribution is 7.19. The molecule has 11 heteroatoms. The van der Waals surface area contributed by atoms with Gasteiger partial charge in [-0.3, -0.25) is 9.59 Å². The summed E-state index contributed by atoms with van der Waals surface area (Å²) >= 11 is 1.74. The Morgan fingerprint density at radius 3 is 2.29 bits per heavy atom. The van der Waals surface area contributed by atoms with Crippen molar-refractivity contribution in [2.45, 2.75) is 96.6 Å². The van der Waals surface area contributed by atoms with Crippen LogP contribution in [0.1, 0.15) is 79.6 Å². The molecular weight excluding hydrogens is 637 g/mol. The van der Waals surface area contributed by atoms with Gasteiger partial charge >= 0.3 is 6.01 Å². The molecule has 0 radical (unpaired) electrons. The first-order valence-corrected chi connectivity index (χ1v) is 18.6. The van der Waals surface area contributed by atoms with Crippen molar-refractivity contribution < 1.29 is 19.8 Å². The van der Waals surface area contributed by atoms with Crippen molar-refractivity contribution in [2.75, 3.05) is 26.2 Å². The number of carbonyl (C=O) groups excluding carboxylic acids is 2. The maximum absolute atomic E-state index is 14.0. The van der Waals surface area contributed by atoms with E-state index in [1.54, 1.807) is 11.3 Å². The first kappa shape index (κ1) is 33.5. The topological polar surface area (TPSA) is 135 Å². The van der Waals surface area contributed by atoms with Crippen molar-refractivity contribution in [1.29, 1.82) is 0 Å². The normalized spacial score (nSPS) is 20.0. The number of hydrogen-bond acceptors (Lipinski definition) is 8. The van der Waals surface area contributed by atoms with Crippen LogP contribution in [0.15, 0.2) is 30.3 Å². The summed E-state index contributed by atoms with van der Waals surface area (Å²) in [6.45, 7) is 12.0. The van der Waals surface area contributed by atoms with Gasteiger partial charge in [0.2, 0.25) is 17.7 Å². The third-order valence-corrected chi connectivity index (χ3v) is 12.4. The van der Waals surface area contributed by atoms with E-state index in [1.807, 2.05) is 0 Å². The molecule has 2 amide bonds. The molecule has 0 aliphatic carbocycles. The number of carbonyl (C=O) groups is 2. The zero-order chi connectivity index (χ0) is 34.4. The molecule has 0 saturated carbocycles. The molecule has 10 nitrogen and oxygen atoms in total. The van der Waals surface area contributed by atoms with Crippen LogP contribution in [0.5, 0.6) is 11.9 Å². The number of aromatic nitrogens is 3. The fraction of sp³-hybridized carbons (Fsp3) is 0.526. The largest absolute Gasteiger partial charge is 0.493 e. The molecule has 4 N–H and O–H groups in total. The molecule has 4 aromatic rings. The molecule has 0 atom stereocenters. The van der Waals surface area contributed by atoms with Crippen LogP contribution in [0.4, 0.5) is 0 Å². The number of thiophene rings is 1. The van der Waals surface area contributed by atoms with Gasteiger partial charge in [0, 0.05) is 41.5 Å². The summed E-state index contributed by atoms with van der Waals surface area (Å²) in [5.74, 6) is 0.126. The highest BCUT2D eigenvalue weighted by Crippen LogP contribution is 2.44. The average Bonchev–Trinajstić information content (AvgIpc) is 3.83. The number of aromatic hydroxyl groups is 2. The van der Waals surface area contributed by atoms with Crippen molar-refractivity contribution >= 4 is 33.4 Å². The molecule has 2 bridgehead atoms. The van der Waals surface area contributed by atoms with Crippen molar-refractivity contribution in [3.8, 4) is 23.1 Å².